The fraction of sp³-hybridized carbons (Fsp3) is 0.0769. The summed E-state index contributed by atoms with van der Waals surface area (Å²) in [7, 11) is 5.61. The molecule has 2 radical (unpaired) electrons. The number of nitrogens with one attached hydrogen (secondary N) is 1. The fourth-order valence-corrected chi connectivity index (χ4v) is 1.37. The van der Waals surface area contributed by atoms with Gasteiger partial charge in [-0.1, -0.05) is 35.3 Å². The van der Waals surface area contributed by atoms with Crippen LogP contribution in [0, 0.1) is 6.92 Å². The number of anilines is 2. The molecule has 0 saturated heterocycles. The second-order valence-corrected chi connectivity index (χ2v) is 3.61. The van der Waals surface area contributed by atoms with Crippen molar-refractivity contribution in [3.8, 4) is 0 Å². The predicted molar refractivity (Wildman–Crippen MR) is 68.4 cm³/mol. The molecule has 1 N–H and O–H groups in total. The lowest BCUT2D eigenvalue weighted by Crippen LogP contribution is -2.00. The zero-order valence-corrected chi connectivity index (χ0v) is 8.70. The molecule has 0 spiro atoms. The van der Waals surface area contributed by atoms with Crippen LogP contribution in [0.3, 0.4) is 0 Å². The molecule has 15 heavy (non-hydrogen) atoms. The third-order valence-corrected chi connectivity index (χ3v) is 2.25. The molecule has 0 saturated carbocycles. The summed E-state index contributed by atoms with van der Waals surface area (Å²) in [5, 5.41) is 3.30. The molecular formula is C13H14BN. The van der Waals surface area contributed by atoms with Crippen molar-refractivity contribution in [3.63, 3.8) is 0 Å². The molecule has 0 aliphatic heterocycles. The molecule has 0 unspecified atom stereocenters. The van der Waals surface area contributed by atoms with E-state index in [9.17, 15) is 0 Å². The first-order valence-corrected chi connectivity index (χ1v) is 4.93. The highest BCUT2D eigenvalue weighted by molar-refractivity contribution is 6.32. The SMILES string of the molecule is [B]c1ccc(Nc2ccc(C)cc2)cc1.[HH]. The van der Waals surface area contributed by atoms with E-state index in [1.54, 1.807) is 0 Å². The smallest absolute Gasteiger partial charge is 0.113 e. The van der Waals surface area contributed by atoms with Crippen molar-refractivity contribution in [2.24, 2.45) is 0 Å². The van der Waals surface area contributed by atoms with Crippen molar-refractivity contribution in [1.29, 1.82) is 0 Å². The topological polar surface area (TPSA) is 12.0 Å². The molecule has 2 aromatic carbocycles. The molecule has 2 rings (SSSR count). The molecule has 0 aromatic heterocycles. The van der Waals surface area contributed by atoms with Crippen LogP contribution in [0.2, 0.25) is 0 Å². The van der Waals surface area contributed by atoms with Gasteiger partial charge in [-0.25, -0.2) is 0 Å². The fourth-order valence-electron chi connectivity index (χ4n) is 1.37. The van der Waals surface area contributed by atoms with Crippen LogP contribution in [0.15, 0.2) is 48.5 Å². The molecule has 0 heterocycles. The summed E-state index contributed by atoms with van der Waals surface area (Å²) in [6, 6.07) is 16.0. The van der Waals surface area contributed by atoms with E-state index in [4.69, 9.17) is 7.85 Å². The van der Waals surface area contributed by atoms with Gasteiger partial charge in [0, 0.05) is 12.8 Å². The highest BCUT2D eigenvalue weighted by Crippen LogP contribution is 2.15. The van der Waals surface area contributed by atoms with Crippen LogP contribution < -0.4 is 10.8 Å². The molecule has 0 aliphatic carbocycles. The van der Waals surface area contributed by atoms with E-state index in [1.165, 1.54) is 5.56 Å². The average molecular weight is 195 g/mol. The number of benzene rings is 2. The quantitative estimate of drug-likeness (QED) is 0.726. The van der Waals surface area contributed by atoms with Crippen molar-refractivity contribution < 1.29 is 1.43 Å². The lowest BCUT2D eigenvalue weighted by molar-refractivity contribution is 1.46. The first-order chi connectivity index (χ1) is 7.24. The summed E-state index contributed by atoms with van der Waals surface area (Å²) in [6.45, 7) is 2.08. The van der Waals surface area contributed by atoms with Crippen LogP contribution in [-0.4, -0.2) is 7.85 Å². The molecule has 2 aromatic rings. The average Bonchev–Trinajstić information content (AvgIpc) is 2.25. The van der Waals surface area contributed by atoms with Crippen molar-refractivity contribution in [2.45, 2.75) is 6.92 Å². The monoisotopic (exact) mass is 195 g/mol. The first kappa shape index (κ1) is 9.84. The zero-order valence-electron chi connectivity index (χ0n) is 8.70. The van der Waals surface area contributed by atoms with Gasteiger partial charge in [0.2, 0.25) is 0 Å². The molecule has 74 valence electrons. The molecule has 0 bridgehead atoms. The molecule has 0 fully saturated rings. The standard InChI is InChI=1S/C13H12BN.H2/c1-10-2-6-12(7-3-10)15-13-8-4-11(14)5-9-13;/h2-9,15H,1H3;1H. The van der Waals surface area contributed by atoms with Gasteiger partial charge in [0.1, 0.15) is 7.85 Å². The van der Waals surface area contributed by atoms with E-state index in [2.05, 4.69) is 36.5 Å². The Balaban J connectivity index is 0.00000128. The summed E-state index contributed by atoms with van der Waals surface area (Å²) >= 11 is 0. The van der Waals surface area contributed by atoms with Gasteiger partial charge in [-0.3, -0.25) is 0 Å². The maximum absolute atomic E-state index is 5.61. The van der Waals surface area contributed by atoms with Crippen molar-refractivity contribution in [2.75, 3.05) is 5.32 Å². The Hall–Kier alpha value is -1.70. The minimum Gasteiger partial charge on any atom is -0.356 e. The van der Waals surface area contributed by atoms with Crippen LogP contribution in [0.4, 0.5) is 11.4 Å². The Bertz CT molecular complexity index is 393. The normalized spacial score (nSPS) is 9.93. The van der Waals surface area contributed by atoms with Gasteiger partial charge in [-0.2, -0.15) is 0 Å². The Morgan fingerprint density at radius 1 is 0.867 bits per heavy atom. The van der Waals surface area contributed by atoms with Crippen LogP contribution in [0.25, 0.3) is 0 Å². The lowest BCUT2D eigenvalue weighted by atomic mass is 9.96. The van der Waals surface area contributed by atoms with Crippen molar-refractivity contribution >= 4 is 24.7 Å². The number of hydrogen-bond donors (Lipinski definition) is 1. The predicted octanol–water partition coefficient (Wildman–Crippen LogP) is 2.78. The van der Waals surface area contributed by atoms with Crippen molar-refractivity contribution in [3.05, 3.63) is 54.1 Å². The van der Waals surface area contributed by atoms with Gasteiger partial charge in [0.25, 0.3) is 0 Å². The van der Waals surface area contributed by atoms with E-state index >= 15 is 0 Å². The van der Waals surface area contributed by atoms with Gasteiger partial charge >= 0.3 is 0 Å². The largest absolute Gasteiger partial charge is 0.356 e. The van der Waals surface area contributed by atoms with E-state index in [-0.39, 0.29) is 1.43 Å². The summed E-state index contributed by atoms with van der Waals surface area (Å²) in [5.74, 6) is 0. The van der Waals surface area contributed by atoms with E-state index < -0.39 is 0 Å². The number of hydrogen-bond acceptors (Lipinski definition) is 1. The van der Waals surface area contributed by atoms with Crippen LogP contribution in [0.5, 0.6) is 0 Å². The Labute approximate surface area is 93.0 Å². The Morgan fingerprint density at radius 3 is 1.87 bits per heavy atom. The van der Waals surface area contributed by atoms with Gasteiger partial charge in [-0.15, -0.1) is 0 Å². The Kier molecular flexibility index (Phi) is 2.77. The molecule has 0 aliphatic rings. The van der Waals surface area contributed by atoms with Gasteiger partial charge in [0.15, 0.2) is 0 Å². The summed E-state index contributed by atoms with van der Waals surface area (Å²) in [4.78, 5) is 0. The summed E-state index contributed by atoms with van der Waals surface area (Å²) < 4.78 is 0. The minimum absolute atomic E-state index is 0. The molecule has 2 heteroatoms. The molecular weight excluding hydrogens is 181 g/mol. The first-order valence-electron chi connectivity index (χ1n) is 4.93. The summed E-state index contributed by atoms with van der Waals surface area (Å²) in [5.41, 5.74) is 4.18. The highest BCUT2D eigenvalue weighted by atomic mass is 14.9. The number of aryl methyl sites for hydroxylation is 1. The maximum Gasteiger partial charge on any atom is 0.113 e. The zero-order chi connectivity index (χ0) is 10.7. The third-order valence-electron chi connectivity index (χ3n) is 2.25. The van der Waals surface area contributed by atoms with Gasteiger partial charge in [0.05, 0.1) is 0 Å². The maximum atomic E-state index is 5.61. The molecule has 0 amide bonds. The third kappa shape index (κ3) is 2.63. The molecule has 0 atom stereocenters. The van der Waals surface area contributed by atoms with E-state index in [0.717, 1.165) is 16.8 Å². The second-order valence-electron chi connectivity index (χ2n) is 3.61. The van der Waals surface area contributed by atoms with Crippen LogP contribution >= 0.6 is 0 Å². The summed E-state index contributed by atoms with van der Waals surface area (Å²) in [6.07, 6.45) is 0. The van der Waals surface area contributed by atoms with Crippen molar-refractivity contribution in [1.82, 2.24) is 0 Å². The second kappa shape index (κ2) is 4.22. The van der Waals surface area contributed by atoms with Crippen LogP contribution in [-0.2, 0) is 0 Å². The molecule has 1 nitrogen and oxygen atoms in total. The minimum atomic E-state index is 0. The number of rotatable bonds is 2. The highest BCUT2D eigenvalue weighted by Gasteiger charge is 1.93. The lowest BCUT2D eigenvalue weighted by Gasteiger charge is -2.06. The van der Waals surface area contributed by atoms with E-state index in [1.807, 2.05) is 24.3 Å². The van der Waals surface area contributed by atoms with Gasteiger partial charge < -0.3 is 5.32 Å². The van der Waals surface area contributed by atoms with Gasteiger partial charge in [-0.05, 0) is 31.2 Å². The Morgan fingerprint density at radius 2 is 1.33 bits per heavy atom. The van der Waals surface area contributed by atoms with E-state index in [0.29, 0.717) is 0 Å². The van der Waals surface area contributed by atoms with Crippen LogP contribution in [0.1, 0.15) is 6.99 Å².